The molecule has 1 fully saturated rings. The number of allylic oxidation sites excluding steroid dienone is 3. The standard InChI is InChI=1S/C27H38N2O4S/c1-3-33-28-21-13-15-22(16-14-21)29(26(30)20-11-9-18(2)10-12-20)23-17-24(34-25(23)27(31)32)19-7-5-4-6-8-19/h7,13,17-18,20,22,28H,3-6,8-12,14-16H2,1-2H3,(H,31,32). The summed E-state index contributed by atoms with van der Waals surface area (Å²) in [6, 6.07) is 1.95. The Balaban J connectivity index is 1.67. The predicted octanol–water partition coefficient (Wildman–Crippen LogP) is 6.54. The fraction of sp³-hybridized carbons (Fsp3) is 0.630. The third-order valence-corrected chi connectivity index (χ3v) is 8.66. The van der Waals surface area contributed by atoms with E-state index < -0.39 is 5.97 Å². The highest BCUT2D eigenvalue weighted by molar-refractivity contribution is 7.15. The first-order chi connectivity index (χ1) is 16.5. The lowest BCUT2D eigenvalue weighted by Crippen LogP contribution is -2.46. The highest BCUT2D eigenvalue weighted by Gasteiger charge is 2.36. The van der Waals surface area contributed by atoms with Crippen LogP contribution in [0.4, 0.5) is 5.69 Å². The van der Waals surface area contributed by atoms with E-state index in [0.29, 0.717) is 29.5 Å². The monoisotopic (exact) mass is 486 g/mol. The van der Waals surface area contributed by atoms with Crippen molar-refractivity contribution in [1.82, 2.24) is 5.48 Å². The summed E-state index contributed by atoms with van der Waals surface area (Å²) in [6.45, 7) is 4.78. The molecule has 1 aromatic rings. The normalized spacial score (nSPS) is 25.3. The van der Waals surface area contributed by atoms with Crippen LogP contribution in [-0.4, -0.2) is 29.6 Å². The number of carboxylic acids is 1. The molecule has 1 atom stereocenters. The molecule has 3 aliphatic rings. The molecule has 2 N–H and O–H groups in total. The van der Waals surface area contributed by atoms with Gasteiger partial charge in [-0.2, -0.15) is 0 Å². The van der Waals surface area contributed by atoms with Crippen molar-refractivity contribution in [2.24, 2.45) is 11.8 Å². The van der Waals surface area contributed by atoms with Crippen LogP contribution in [0.25, 0.3) is 5.57 Å². The maximum absolute atomic E-state index is 14.0. The molecule has 0 saturated heterocycles. The fourth-order valence-electron chi connectivity index (χ4n) is 5.45. The molecule has 0 spiro atoms. The lowest BCUT2D eigenvalue weighted by molar-refractivity contribution is -0.124. The van der Waals surface area contributed by atoms with Crippen molar-refractivity contribution in [3.8, 4) is 0 Å². The molecular formula is C27H38N2O4S. The van der Waals surface area contributed by atoms with Crippen LogP contribution in [0.15, 0.2) is 23.9 Å². The fourth-order valence-corrected chi connectivity index (χ4v) is 6.50. The van der Waals surface area contributed by atoms with Gasteiger partial charge in [-0.1, -0.05) is 19.1 Å². The lowest BCUT2D eigenvalue weighted by Gasteiger charge is -2.37. The first-order valence-corrected chi connectivity index (χ1v) is 13.8. The summed E-state index contributed by atoms with van der Waals surface area (Å²) in [6.07, 6.45) is 14.8. The van der Waals surface area contributed by atoms with Crippen molar-refractivity contribution in [2.45, 2.75) is 90.5 Å². The Morgan fingerprint density at radius 3 is 2.56 bits per heavy atom. The molecule has 4 rings (SSSR count). The largest absolute Gasteiger partial charge is 0.477 e. The third kappa shape index (κ3) is 5.74. The van der Waals surface area contributed by atoms with Crippen LogP contribution in [0, 0.1) is 11.8 Å². The predicted molar refractivity (Wildman–Crippen MR) is 137 cm³/mol. The van der Waals surface area contributed by atoms with Gasteiger partial charge in [0.25, 0.3) is 0 Å². The van der Waals surface area contributed by atoms with Crippen molar-refractivity contribution in [3.63, 3.8) is 0 Å². The Labute approximate surface area is 207 Å². The van der Waals surface area contributed by atoms with Gasteiger partial charge in [-0.3, -0.25) is 15.1 Å². The van der Waals surface area contributed by atoms with E-state index in [9.17, 15) is 14.7 Å². The number of amides is 1. The quantitative estimate of drug-likeness (QED) is 0.408. The van der Waals surface area contributed by atoms with E-state index in [1.807, 2.05) is 17.9 Å². The summed E-state index contributed by atoms with van der Waals surface area (Å²) in [5.74, 6) is -0.205. The number of nitrogens with zero attached hydrogens (tertiary/aromatic N) is 1. The number of carbonyl (C=O) groups is 2. The van der Waals surface area contributed by atoms with Gasteiger partial charge in [-0.25, -0.2) is 4.79 Å². The Hall–Kier alpha value is -2.12. The molecule has 186 valence electrons. The van der Waals surface area contributed by atoms with Crippen LogP contribution in [0.1, 0.15) is 99.0 Å². The van der Waals surface area contributed by atoms with Gasteiger partial charge in [0.1, 0.15) is 4.88 Å². The number of carbonyl (C=O) groups excluding carboxylic acids is 1. The number of anilines is 1. The topological polar surface area (TPSA) is 78.9 Å². The average Bonchev–Trinajstić information content (AvgIpc) is 3.30. The second-order valence-electron chi connectivity index (χ2n) is 9.96. The Kier molecular flexibility index (Phi) is 8.48. The number of hydroxylamine groups is 1. The molecule has 1 unspecified atom stereocenters. The molecule has 0 aromatic carbocycles. The number of aromatic carboxylic acids is 1. The van der Waals surface area contributed by atoms with Crippen molar-refractivity contribution < 1.29 is 19.5 Å². The van der Waals surface area contributed by atoms with E-state index in [0.717, 1.165) is 68.4 Å². The van der Waals surface area contributed by atoms with E-state index in [2.05, 4.69) is 24.6 Å². The molecule has 6 nitrogen and oxygen atoms in total. The van der Waals surface area contributed by atoms with Crippen LogP contribution in [0.3, 0.4) is 0 Å². The Bertz CT molecular complexity index is 942. The molecule has 34 heavy (non-hydrogen) atoms. The molecule has 3 aliphatic carbocycles. The average molecular weight is 487 g/mol. The molecule has 0 aliphatic heterocycles. The summed E-state index contributed by atoms with van der Waals surface area (Å²) in [5, 5.41) is 10.1. The number of carboxylic acid groups (broad SMARTS) is 1. The van der Waals surface area contributed by atoms with E-state index >= 15 is 0 Å². The van der Waals surface area contributed by atoms with Crippen LogP contribution < -0.4 is 10.4 Å². The van der Waals surface area contributed by atoms with Crippen molar-refractivity contribution in [1.29, 1.82) is 0 Å². The third-order valence-electron chi connectivity index (χ3n) is 7.47. The summed E-state index contributed by atoms with van der Waals surface area (Å²) in [7, 11) is 0. The lowest BCUT2D eigenvalue weighted by atomic mass is 9.81. The SMILES string of the molecule is CCONC1=CCC(N(C(=O)C2CCC(C)CC2)c2cc(C3=CCCCC3)sc2C(=O)O)CC1. The van der Waals surface area contributed by atoms with Crippen LogP contribution in [0.5, 0.6) is 0 Å². The number of nitrogens with one attached hydrogen (secondary N) is 1. The van der Waals surface area contributed by atoms with E-state index in [4.69, 9.17) is 4.84 Å². The van der Waals surface area contributed by atoms with Crippen molar-refractivity contribution in [3.05, 3.63) is 33.7 Å². The van der Waals surface area contributed by atoms with Gasteiger partial charge in [-0.15, -0.1) is 11.3 Å². The summed E-state index contributed by atoms with van der Waals surface area (Å²) in [5.41, 5.74) is 5.87. The maximum atomic E-state index is 14.0. The number of hydrogen-bond donors (Lipinski definition) is 2. The zero-order valence-corrected chi connectivity index (χ0v) is 21.3. The second kappa shape index (κ2) is 11.5. The Morgan fingerprint density at radius 2 is 1.94 bits per heavy atom. The highest BCUT2D eigenvalue weighted by atomic mass is 32.1. The summed E-state index contributed by atoms with van der Waals surface area (Å²) >= 11 is 1.33. The van der Waals surface area contributed by atoms with Crippen molar-refractivity contribution in [2.75, 3.05) is 11.5 Å². The minimum Gasteiger partial charge on any atom is -0.477 e. The van der Waals surface area contributed by atoms with Gasteiger partial charge in [0, 0.05) is 22.5 Å². The number of hydrogen-bond acceptors (Lipinski definition) is 5. The molecule has 1 amide bonds. The first-order valence-electron chi connectivity index (χ1n) is 12.9. The van der Waals surface area contributed by atoms with Gasteiger partial charge in [0.2, 0.25) is 5.91 Å². The second-order valence-corrected chi connectivity index (χ2v) is 11.0. The van der Waals surface area contributed by atoms with E-state index in [1.165, 1.54) is 23.3 Å². The zero-order valence-electron chi connectivity index (χ0n) is 20.5. The number of rotatable bonds is 8. The van der Waals surface area contributed by atoms with E-state index in [1.54, 1.807) is 0 Å². The molecule has 1 aromatic heterocycles. The molecule has 1 heterocycles. The smallest absolute Gasteiger partial charge is 0.348 e. The minimum atomic E-state index is -0.942. The molecular weight excluding hydrogens is 448 g/mol. The van der Waals surface area contributed by atoms with Gasteiger partial charge in [-0.05, 0) is 95.1 Å². The highest BCUT2D eigenvalue weighted by Crippen LogP contribution is 2.41. The molecule has 0 radical (unpaired) electrons. The molecule has 7 heteroatoms. The Morgan fingerprint density at radius 1 is 1.15 bits per heavy atom. The van der Waals surface area contributed by atoms with Gasteiger partial charge in [0.05, 0.1) is 12.3 Å². The number of thiophene rings is 1. The van der Waals surface area contributed by atoms with Crippen molar-refractivity contribution >= 4 is 34.5 Å². The van der Waals surface area contributed by atoms with Crippen LogP contribution in [-0.2, 0) is 9.63 Å². The molecule has 0 bridgehead atoms. The van der Waals surface area contributed by atoms with Gasteiger partial charge < -0.3 is 10.0 Å². The van der Waals surface area contributed by atoms with Crippen LogP contribution in [0.2, 0.25) is 0 Å². The minimum absolute atomic E-state index is 0.0259. The maximum Gasteiger partial charge on any atom is 0.348 e. The van der Waals surface area contributed by atoms with Gasteiger partial charge in [0.15, 0.2) is 0 Å². The summed E-state index contributed by atoms with van der Waals surface area (Å²) in [4.78, 5) is 34.8. The molecule has 1 saturated carbocycles. The first kappa shape index (κ1) is 25.0. The summed E-state index contributed by atoms with van der Waals surface area (Å²) < 4.78 is 0. The zero-order chi connectivity index (χ0) is 24.1. The van der Waals surface area contributed by atoms with Crippen LogP contribution >= 0.6 is 11.3 Å². The van der Waals surface area contributed by atoms with Gasteiger partial charge >= 0.3 is 5.97 Å². The van der Waals surface area contributed by atoms with E-state index in [-0.39, 0.29) is 17.9 Å².